The van der Waals surface area contributed by atoms with E-state index in [4.69, 9.17) is 16.4 Å². The molecule has 15 heavy (non-hydrogen) atoms. The van der Waals surface area contributed by atoms with Crippen molar-refractivity contribution in [1.29, 1.82) is 0 Å². The van der Waals surface area contributed by atoms with Crippen LogP contribution < -0.4 is 5.48 Å². The van der Waals surface area contributed by atoms with Gasteiger partial charge in [0.25, 0.3) is 0 Å². The number of rotatable bonds is 3. The van der Waals surface area contributed by atoms with E-state index in [0.717, 1.165) is 16.5 Å². The van der Waals surface area contributed by atoms with Crippen LogP contribution in [-0.4, -0.2) is 16.9 Å². The van der Waals surface area contributed by atoms with E-state index in [0.29, 0.717) is 11.7 Å². The first-order valence-electron chi connectivity index (χ1n) is 4.60. The molecule has 1 N–H and O–H groups in total. The number of aromatic nitrogens is 2. The van der Waals surface area contributed by atoms with Crippen LogP contribution in [0.15, 0.2) is 18.2 Å². The number of fused-ring (bicyclic) bond motifs is 1. The average Bonchev–Trinajstić information content (AvgIpc) is 2.53. The van der Waals surface area contributed by atoms with Crippen molar-refractivity contribution < 1.29 is 4.84 Å². The summed E-state index contributed by atoms with van der Waals surface area (Å²) in [5.41, 5.74) is 4.95. The number of hydrogen-bond donors (Lipinski definition) is 1. The molecule has 0 amide bonds. The number of para-hydroxylation sites is 1. The standard InChI is InChI=1S/C10H12ClN3O/c1-14-9-7(6-12-15-2)4-3-5-8(9)10(11)13-14/h3-5,12H,6H2,1-2H3. The molecule has 0 fully saturated rings. The van der Waals surface area contributed by atoms with Crippen molar-refractivity contribution in [3.05, 3.63) is 28.9 Å². The smallest absolute Gasteiger partial charge is 0.158 e. The Hall–Kier alpha value is -1.10. The van der Waals surface area contributed by atoms with E-state index < -0.39 is 0 Å². The zero-order valence-corrected chi connectivity index (χ0v) is 9.38. The molecule has 0 unspecified atom stereocenters. The summed E-state index contributed by atoms with van der Waals surface area (Å²) in [6.07, 6.45) is 0. The zero-order valence-electron chi connectivity index (χ0n) is 8.62. The van der Waals surface area contributed by atoms with Crippen LogP contribution in [0.3, 0.4) is 0 Å². The van der Waals surface area contributed by atoms with Crippen molar-refractivity contribution in [1.82, 2.24) is 15.3 Å². The molecule has 2 aromatic rings. The quantitative estimate of drug-likeness (QED) is 0.811. The number of hydrogen-bond acceptors (Lipinski definition) is 3. The molecule has 80 valence electrons. The van der Waals surface area contributed by atoms with E-state index >= 15 is 0 Å². The molecule has 0 aliphatic rings. The number of nitrogens with zero attached hydrogens (tertiary/aromatic N) is 2. The van der Waals surface area contributed by atoms with Gasteiger partial charge in [0.05, 0.1) is 12.6 Å². The van der Waals surface area contributed by atoms with Gasteiger partial charge in [-0.25, -0.2) is 0 Å². The van der Waals surface area contributed by atoms with Crippen LogP contribution in [0.1, 0.15) is 5.56 Å². The summed E-state index contributed by atoms with van der Waals surface area (Å²) >= 11 is 6.00. The molecule has 2 rings (SSSR count). The molecular weight excluding hydrogens is 214 g/mol. The van der Waals surface area contributed by atoms with Gasteiger partial charge in [0, 0.05) is 19.0 Å². The summed E-state index contributed by atoms with van der Waals surface area (Å²) in [6, 6.07) is 5.94. The van der Waals surface area contributed by atoms with Crippen molar-refractivity contribution in [2.45, 2.75) is 6.54 Å². The minimum absolute atomic E-state index is 0.534. The molecule has 0 saturated carbocycles. The van der Waals surface area contributed by atoms with Gasteiger partial charge in [0.15, 0.2) is 5.15 Å². The third kappa shape index (κ3) is 1.84. The Morgan fingerprint density at radius 1 is 1.53 bits per heavy atom. The first kappa shape index (κ1) is 10.4. The average molecular weight is 226 g/mol. The molecule has 4 nitrogen and oxygen atoms in total. The summed E-state index contributed by atoms with van der Waals surface area (Å²) in [7, 11) is 3.47. The van der Waals surface area contributed by atoms with Crippen molar-refractivity contribution in [3.8, 4) is 0 Å². The van der Waals surface area contributed by atoms with E-state index in [9.17, 15) is 0 Å². The number of halogens is 1. The van der Waals surface area contributed by atoms with Crippen LogP contribution in [0, 0.1) is 0 Å². The van der Waals surface area contributed by atoms with Gasteiger partial charge in [-0.15, -0.1) is 0 Å². The second-order valence-corrected chi connectivity index (χ2v) is 3.61. The highest BCUT2D eigenvalue weighted by molar-refractivity contribution is 6.34. The zero-order chi connectivity index (χ0) is 10.8. The SMILES string of the molecule is CONCc1cccc2c(Cl)nn(C)c12. The maximum atomic E-state index is 6.00. The van der Waals surface area contributed by atoms with Gasteiger partial charge in [-0.3, -0.25) is 4.68 Å². The second-order valence-electron chi connectivity index (χ2n) is 3.25. The highest BCUT2D eigenvalue weighted by Gasteiger charge is 2.09. The summed E-state index contributed by atoms with van der Waals surface area (Å²) in [4.78, 5) is 4.83. The molecule has 0 bridgehead atoms. The lowest BCUT2D eigenvalue weighted by Gasteiger charge is -2.04. The largest absolute Gasteiger partial charge is 0.305 e. The summed E-state index contributed by atoms with van der Waals surface area (Å²) in [6.45, 7) is 0.629. The fraction of sp³-hybridized carbons (Fsp3) is 0.300. The van der Waals surface area contributed by atoms with Crippen LogP contribution in [0.5, 0.6) is 0 Å². The third-order valence-corrected chi connectivity index (χ3v) is 2.59. The molecule has 1 heterocycles. The minimum Gasteiger partial charge on any atom is -0.305 e. The van der Waals surface area contributed by atoms with Gasteiger partial charge >= 0.3 is 0 Å². The van der Waals surface area contributed by atoms with E-state index in [1.807, 2.05) is 25.2 Å². The molecule has 0 radical (unpaired) electrons. The van der Waals surface area contributed by atoms with Gasteiger partial charge in [0.1, 0.15) is 0 Å². The van der Waals surface area contributed by atoms with Crippen LogP contribution in [0.2, 0.25) is 5.15 Å². The lowest BCUT2D eigenvalue weighted by atomic mass is 10.1. The molecule has 0 aliphatic carbocycles. The maximum absolute atomic E-state index is 6.00. The number of benzene rings is 1. The molecular formula is C10H12ClN3O. The first-order valence-corrected chi connectivity index (χ1v) is 4.97. The van der Waals surface area contributed by atoms with Gasteiger partial charge in [0.2, 0.25) is 0 Å². The van der Waals surface area contributed by atoms with Gasteiger partial charge < -0.3 is 4.84 Å². The summed E-state index contributed by atoms with van der Waals surface area (Å²) in [5, 5.41) is 5.67. The molecule has 5 heteroatoms. The lowest BCUT2D eigenvalue weighted by Crippen LogP contribution is -2.11. The fourth-order valence-corrected chi connectivity index (χ4v) is 1.93. The molecule has 0 saturated heterocycles. The van der Waals surface area contributed by atoms with Crippen molar-refractivity contribution >= 4 is 22.5 Å². The van der Waals surface area contributed by atoms with E-state index in [1.165, 1.54) is 0 Å². The Morgan fingerprint density at radius 3 is 3.07 bits per heavy atom. The fourth-order valence-electron chi connectivity index (χ4n) is 1.67. The Morgan fingerprint density at radius 2 is 2.33 bits per heavy atom. The number of nitrogens with one attached hydrogen (secondary N) is 1. The summed E-state index contributed by atoms with van der Waals surface area (Å²) < 4.78 is 1.78. The monoisotopic (exact) mass is 225 g/mol. The molecule has 1 aromatic carbocycles. The highest BCUT2D eigenvalue weighted by Crippen LogP contribution is 2.24. The lowest BCUT2D eigenvalue weighted by molar-refractivity contribution is 0.0869. The molecule has 0 spiro atoms. The number of hydroxylamine groups is 1. The Kier molecular flexibility index (Phi) is 2.90. The van der Waals surface area contributed by atoms with Crippen molar-refractivity contribution in [2.75, 3.05) is 7.11 Å². The highest BCUT2D eigenvalue weighted by atomic mass is 35.5. The normalized spacial score (nSPS) is 11.1. The van der Waals surface area contributed by atoms with Crippen LogP contribution >= 0.6 is 11.6 Å². The maximum Gasteiger partial charge on any atom is 0.158 e. The van der Waals surface area contributed by atoms with Crippen LogP contribution in [0.4, 0.5) is 0 Å². The minimum atomic E-state index is 0.534. The Balaban J connectivity index is 2.54. The van der Waals surface area contributed by atoms with Crippen molar-refractivity contribution in [2.24, 2.45) is 7.05 Å². The predicted molar refractivity (Wildman–Crippen MR) is 59.6 cm³/mol. The van der Waals surface area contributed by atoms with Crippen LogP contribution in [-0.2, 0) is 18.4 Å². The molecule has 1 aromatic heterocycles. The number of aryl methyl sites for hydroxylation is 1. The van der Waals surface area contributed by atoms with E-state index in [2.05, 4.69) is 10.6 Å². The van der Waals surface area contributed by atoms with E-state index in [1.54, 1.807) is 11.8 Å². The topological polar surface area (TPSA) is 39.1 Å². The van der Waals surface area contributed by atoms with Gasteiger partial charge in [-0.05, 0) is 11.6 Å². The molecule has 0 aliphatic heterocycles. The van der Waals surface area contributed by atoms with Crippen molar-refractivity contribution in [3.63, 3.8) is 0 Å². The molecule has 0 atom stereocenters. The Labute approximate surface area is 92.7 Å². The summed E-state index contributed by atoms with van der Waals surface area (Å²) in [5.74, 6) is 0. The Bertz CT molecular complexity index is 481. The van der Waals surface area contributed by atoms with Gasteiger partial charge in [-0.1, -0.05) is 23.7 Å². The first-order chi connectivity index (χ1) is 7.24. The third-order valence-electron chi connectivity index (χ3n) is 2.31. The predicted octanol–water partition coefficient (Wildman–Crippen LogP) is 1.88. The van der Waals surface area contributed by atoms with Gasteiger partial charge in [-0.2, -0.15) is 10.6 Å². The van der Waals surface area contributed by atoms with E-state index in [-0.39, 0.29) is 0 Å². The second kappa shape index (κ2) is 4.18. The van der Waals surface area contributed by atoms with Crippen LogP contribution in [0.25, 0.3) is 10.9 Å².